The van der Waals surface area contributed by atoms with Crippen LogP contribution in [0.15, 0.2) is 0 Å². The number of hydrogen-bond donors (Lipinski definition) is 4. The van der Waals surface area contributed by atoms with Gasteiger partial charge < -0.3 is 30.5 Å². The maximum absolute atomic E-state index is 12.2. The van der Waals surface area contributed by atoms with Gasteiger partial charge >= 0.3 is 29.6 Å². The number of amides is 1. The molecule has 7 nitrogen and oxygen atoms in total. The topological polar surface area (TPSA) is 130 Å². The molecule has 0 saturated heterocycles. The smallest absolute Gasteiger partial charge is 0.540 e. The van der Waals surface area contributed by atoms with Crippen LogP contribution in [0.4, 0.5) is 0 Å². The van der Waals surface area contributed by atoms with Gasteiger partial charge in [-0.2, -0.15) is 0 Å². The molecule has 0 aromatic carbocycles. The largest absolute Gasteiger partial charge is 1.00 e. The third-order valence-corrected chi connectivity index (χ3v) is 10.8. The van der Waals surface area contributed by atoms with Gasteiger partial charge in [0.1, 0.15) is 5.97 Å². The van der Waals surface area contributed by atoms with Crippen molar-refractivity contribution >= 4 is 11.9 Å². The predicted octanol–water partition coefficient (Wildman–Crippen LogP) is -1.07. The molecule has 0 aliphatic heterocycles. The molecule has 4 aliphatic carbocycles. The van der Waals surface area contributed by atoms with E-state index in [-0.39, 0.29) is 46.8 Å². The van der Waals surface area contributed by atoms with Crippen LogP contribution in [0.1, 0.15) is 91.9 Å². The first-order valence-corrected chi connectivity index (χ1v) is 13.0. The standard InChI is InChI=1S/C26H43NO6.Na/c1-5-8-15(2)19-24(4)14-12-18-17(11-10-16-9-6-7-13-23(16,18)3)20(24)26(32,33)25(19,31)27-21(28)22(29)30;/h15-20,31-33H,5-14H2,1-4H3,(H,27,28)(H,29,30);/q;+1/p-1/t15-,16?,17-,18+,19-,20+,23+,24-,25?;/m1./s1. The molecule has 0 aromatic rings. The predicted molar refractivity (Wildman–Crippen MR) is 120 cm³/mol. The van der Waals surface area contributed by atoms with Crippen molar-refractivity contribution in [1.29, 1.82) is 0 Å². The molecule has 4 rings (SSSR count). The SMILES string of the molecule is CCC[C@@H](C)[C@H]1C(O)(NC(=O)C(=O)[O-])C(O)(O)[C@H]2[C@@H]3CCC4CCCC[C@]4(C)[C@H]3CC[C@@]21C.[Na+]. The van der Waals surface area contributed by atoms with Crippen LogP contribution in [0.5, 0.6) is 0 Å². The van der Waals surface area contributed by atoms with E-state index >= 15 is 0 Å². The third-order valence-electron chi connectivity index (χ3n) is 10.8. The van der Waals surface area contributed by atoms with Crippen molar-refractivity contribution in [2.24, 2.45) is 46.3 Å². The Morgan fingerprint density at radius 2 is 1.71 bits per heavy atom. The van der Waals surface area contributed by atoms with Crippen LogP contribution in [0.25, 0.3) is 0 Å². The molecule has 188 valence electrons. The summed E-state index contributed by atoms with van der Waals surface area (Å²) in [6.45, 7) is 8.38. The average molecular weight is 488 g/mol. The summed E-state index contributed by atoms with van der Waals surface area (Å²) < 4.78 is 0. The van der Waals surface area contributed by atoms with Gasteiger partial charge in [0, 0.05) is 11.8 Å². The van der Waals surface area contributed by atoms with E-state index in [1.807, 2.05) is 20.8 Å². The summed E-state index contributed by atoms with van der Waals surface area (Å²) in [4.78, 5) is 23.5. The minimum atomic E-state index is -2.64. The van der Waals surface area contributed by atoms with Gasteiger partial charge in [-0.05, 0) is 73.0 Å². The number of aliphatic hydroxyl groups is 3. The van der Waals surface area contributed by atoms with E-state index in [0.717, 1.165) is 38.5 Å². The van der Waals surface area contributed by atoms with Gasteiger partial charge in [0.05, 0.1) is 0 Å². The number of carboxylic acid groups (broad SMARTS) is 1. The summed E-state index contributed by atoms with van der Waals surface area (Å²) in [5, 5.41) is 48.6. The zero-order valence-electron chi connectivity index (χ0n) is 21.6. The maximum Gasteiger partial charge on any atom is 1.00 e. The van der Waals surface area contributed by atoms with E-state index in [2.05, 4.69) is 12.2 Å². The summed E-state index contributed by atoms with van der Waals surface area (Å²) in [6.07, 6.45) is 9.97. The molecule has 4 aliphatic rings. The van der Waals surface area contributed by atoms with Crippen molar-refractivity contribution < 1.29 is 59.6 Å². The van der Waals surface area contributed by atoms with E-state index in [4.69, 9.17) is 0 Å². The summed E-state index contributed by atoms with van der Waals surface area (Å²) in [7, 11) is 0. The van der Waals surface area contributed by atoms with E-state index in [9.17, 15) is 30.0 Å². The maximum atomic E-state index is 12.2. The van der Waals surface area contributed by atoms with Gasteiger partial charge in [0.2, 0.25) is 5.79 Å². The number of fused-ring (bicyclic) bond motifs is 5. The van der Waals surface area contributed by atoms with Crippen molar-refractivity contribution in [3.05, 3.63) is 0 Å². The number of nitrogens with one attached hydrogen (secondary N) is 1. The first kappa shape index (κ1) is 28.4. The second-order valence-electron chi connectivity index (χ2n) is 12.3. The molecule has 4 N–H and O–H groups in total. The fraction of sp³-hybridized carbons (Fsp3) is 0.923. The fourth-order valence-electron chi connectivity index (χ4n) is 9.66. The molecule has 0 bridgehead atoms. The minimum Gasteiger partial charge on any atom is -0.540 e. The number of carboxylic acids is 1. The summed E-state index contributed by atoms with van der Waals surface area (Å²) >= 11 is 0. The number of carbonyl (C=O) groups is 2. The minimum absolute atomic E-state index is 0. The normalized spacial score (nSPS) is 45.7. The quantitative estimate of drug-likeness (QED) is 0.227. The molecule has 0 radical (unpaired) electrons. The van der Waals surface area contributed by atoms with Gasteiger partial charge in [0.25, 0.3) is 5.91 Å². The molecule has 4 saturated carbocycles. The second-order valence-corrected chi connectivity index (χ2v) is 12.3. The first-order valence-electron chi connectivity index (χ1n) is 13.0. The van der Waals surface area contributed by atoms with E-state index in [1.165, 1.54) is 19.3 Å². The number of rotatable bonds is 4. The monoisotopic (exact) mass is 487 g/mol. The van der Waals surface area contributed by atoms with Gasteiger partial charge in [0.15, 0.2) is 5.72 Å². The molecule has 1 amide bonds. The van der Waals surface area contributed by atoms with Gasteiger partial charge in [-0.15, -0.1) is 0 Å². The Kier molecular flexibility index (Phi) is 8.02. The Labute approximate surface area is 225 Å². The molecule has 34 heavy (non-hydrogen) atoms. The summed E-state index contributed by atoms with van der Waals surface area (Å²) in [6, 6.07) is 0. The Hall–Kier alpha value is -0.180. The van der Waals surface area contributed by atoms with Crippen molar-refractivity contribution in [1.82, 2.24) is 5.32 Å². The first-order chi connectivity index (χ1) is 15.3. The molecular weight excluding hydrogens is 445 g/mol. The van der Waals surface area contributed by atoms with Crippen LogP contribution in [0.3, 0.4) is 0 Å². The molecule has 4 fully saturated rings. The zero-order chi connectivity index (χ0) is 24.4. The van der Waals surface area contributed by atoms with Crippen molar-refractivity contribution in [3.63, 3.8) is 0 Å². The second kappa shape index (κ2) is 9.60. The van der Waals surface area contributed by atoms with Gasteiger partial charge in [-0.3, -0.25) is 4.79 Å². The van der Waals surface area contributed by atoms with E-state index in [0.29, 0.717) is 18.3 Å². The Bertz CT molecular complexity index is 806. The fourth-order valence-corrected chi connectivity index (χ4v) is 9.66. The molecule has 9 atom stereocenters. The zero-order valence-corrected chi connectivity index (χ0v) is 23.6. The van der Waals surface area contributed by atoms with Crippen molar-refractivity contribution in [2.75, 3.05) is 0 Å². The Morgan fingerprint density at radius 3 is 2.32 bits per heavy atom. The number of hydrogen-bond acceptors (Lipinski definition) is 6. The summed E-state index contributed by atoms with van der Waals surface area (Å²) in [5.41, 5.74) is -2.96. The van der Waals surface area contributed by atoms with E-state index in [1.54, 1.807) is 0 Å². The number of carbonyl (C=O) groups excluding carboxylic acids is 2. The Balaban J connectivity index is 0.00000324. The summed E-state index contributed by atoms with van der Waals surface area (Å²) in [5.74, 6) is -6.65. The van der Waals surface area contributed by atoms with Crippen LogP contribution in [-0.4, -0.2) is 38.7 Å². The van der Waals surface area contributed by atoms with E-state index < -0.39 is 40.6 Å². The van der Waals surface area contributed by atoms with Crippen LogP contribution in [0.2, 0.25) is 0 Å². The molecule has 0 aromatic heterocycles. The van der Waals surface area contributed by atoms with Crippen LogP contribution in [-0.2, 0) is 9.59 Å². The van der Waals surface area contributed by atoms with Crippen LogP contribution >= 0.6 is 0 Å². The van der Waals surface area contributed by atoms with Gasteiger partial charge in [-0.1, -0.05) is 53.4 Å². The molecule has 2 unspecified atom stereocenters. The third kappa shape index (κ3) is 3.92. The Morgan fingerprint density at radius 1 is 1.03 bits per heavy atom. The van der Waals surface area contributed by atoms with Crippen molar-refractivity contribution in [2.45, 2.75) is 103 Å². The molecular formula is C26H42NNaO6. The average Bonchev–Trinajstić information content (AvgIpc) is 2.86. The van der Waals surface area contributed by atoms with Crippen molar-refractivity contribution in [3.8, 4) is 0 Å². The molecule has 0 heterocycles. The van der Waals surface area contributed by atoms with Crippen LogP contribution < -0.4 is 40.0 Å². The molecule has 0 spiro atoms. The van der Waals surface area contributed by atoms with Gasteiger partial charge in [-0.25, -0.2) is 0 Å². The molecule has 8 heteroatoms. The van der Waals surface area contributed by atoms with Crippen LogP contribution in [0, 0.1) is 46.3 Å². The number of aliphatic carboxylic acids is 1.